The van der Waals surface area contributed by atoms with Crippen molar-refractivity contribution in [2.45, 2.75) is 11.9 Å². The summed E-state index contributed by atoms with van der Waals surface area (Å²) in [7, 11) is 0. The fraction of sp³-hybridized carbons (Fsp3) is 0.143. The molecule has 4 nitrogen and oxygen atoms in total. The molecule has 0 atom stereocenters. The first-order chi connectivity index (χ1) is 9.60. The lowest BCUT2D eigenvalue weighted by Gasteiger charge is -2.10. The van der Waals surface area contributed by atoms with Crippen LogP contribution in [-0.4, -0.2) is 4.92 Å². The first kappa shape index (κ1) is 15.0. The molecule has 0 fully saturated rings. The molecule has 0 radical (unpaired) electrons. The maximum atomic E-state index is 10.7. The Morgan fingerprint density at radius 1 is 1.20 bits per heavy atom. The fourth-order valence-corrected chi connectivity index (χ4v) is 2.56. The van der Waals surface area contributed by atoms with E-state index >= 15 is 0 Å². The number of alkyl halides is 1. The van der Waals surface area contributed by atoms with Gasteiger partial charge in [-0.15, -0.1) is 0 Å². The number of hydrogen-bond acceptors (Lipinski definition) is 3. The quantitative estimate of drug-likeness (QED) is 0.410. The van der Waals surface area contributed by atoms with Crippen molar-refractivity contribution in [3.05, 3.63) is 68.2 Å². The predicted octanol–water partition coefficient (Wildman–Crippen LogP) is 4.83. The molecule has 20 heavy (non-hydrogen) atoms. The van der Waals surface area contributed by atoms with Gasteiger partial charge in [-0.05, 0) is 23.8 Å². The van der Waals surface area contributed by atoms with Crippen LogP contribution in [0.4, 0.5) is 5.69 Å². The van der Waals surface area contributed by atoms with Crippen molar-refractivity contribution in [2.24, 2.45) is 0 Å². The van der Waals surface area contributed by atoms with Gasteiger partial charge in [0.2, 0.25) is 0 Å². The topological polar surface area (TPSA) is 52.4 Å². The van der Waals surface area contributed by atoms with Gasteiger partial charge in [0.25, 0.3) is 5.69 Å². The minimum absolute atomic E-state index is 0.0719. The molecule has 104 valence electrons. The minimum atomic E-state index is -0.410. The molecular formula is C14H11Br2NO3. The van der Waals surface area contributed by atoms with Crippen LogP contribution in [0.25, 0.3) is 0 Å². The second kappa shape index (κ2) is 6.85. The number of hydrogen-bond donors (Lipinski definition) is 0. The Morgan fingerprint density at radius 2 is 2.00 bits per heavy atom. The highest BCUT2D eigenvalue weighted by molar-refractivity contribution is 9.10. The highest BCUT2D eigenvalue weighted by atomic mass is 79.9. The van der Waals surface area contributed by atoms with Gasteiger partial charge in [0.1, 0.15) is 12.4 Å². The average molecular weight is 401 g/mol. The van der Waals surface area contributed by atoms with Gasteiger partial charge in [0.05, 0.1) is 4.92 Å². The molecular weight excluding hydrogens is 390 g/mol. The van der Waals surface area contributed by atoms with E-state index < -0.39 is 4.92 Å². The summed E-state index contributed by atoms with van der Waals surface area (Å²) in [5.41, 5.74) is 1.86. The van der Waals surface area contributed by atoms with Crippen LogP contribution in [0.3, 0.4) is 0 Å². The second-order valence-electron chi connectivity index (χ2n) is 4.10. The highest BCUT2D eigenvalue weighted by Crippen LogP contribution is 2.26. The van der Waals surface area contributed by atoms with Crippen LogP contribution in [0, 0.1) is 10.1 Å². The summed E-state index contributed by atoms with van der Waals surface area (Å²) >= 11 is 6.82. The van der Waals surface area contributed by atoms with Crippen molar-refractivity contribution in [2.75, 3.05) is 0 Å². The number of nitro benzene ring substituents is 1. The molecule has 0 heterocycles. The zero-order chi connectivity index (χ0) is 14.5. The molecule has 0 unspecified atom stereocenters. The van der Waals surface area contributed by atoms with Gasteiger partial charge in [-0.2, -0.15) is 0 Å². The average Bonchev–Trinajstić information content (AvgIpc) is 2.46. The summed E-state index contributed by atoms with van der Waals surface area (Å²) in [5.74, 6) is 0.761. The molecule has 0 spiro atoms. The Morgan fingerprint density at radius 3 is 2.70 bits per heavy atom. The molecule has 0 aliphatic carbocycles. The van der Waals surface area contributed by atoms with Gasteiger partial charge in [-0.3, -0.25) is 10.1 Å². The lowest BCUT2D eigenvalue weighted by molar-refractivity contribution is -0.384. The molecule has 0 N–H and O–H groups in total. The number of non-ortho nitro benzene ring substituents is 1. The third-order valence-electron chi connectivity index (χ3n) is 2.68. The molecule has 0 aromatic heterocycles. The van der Waals surface area contributed by atoms with Gasteiger partial charge in [0.15, 0.2) is 0 Å². The summed E-state index contributed by atoms with van der Waals surface area (Å²) in [6.45, 7) is 0.295. The Labute approximate surface area is 133 Å². The highest BCUT2D eigenvalue weighted by Gasteiger charge is 2.07. The third kappa shape index (κ3) is 3.80. The van der Waals surface area contributed by atoms with E-state index in [1.54, 1.807) is 12.1 Å². The van der Waals surface area contributed by atoms with Crippen molar-refractivity contribution in [1.29, 1.82) is 0 Å². The summed E-state index contributed by atoms with van der Waals surface area (Å²) < 4.78 is 6.71. The first-order valence-corrected chi connectivity index (χ1v) is 7.72. The van der Waals surface area contributed by atoms with Gasteiger partial charge in [-0.25, -0.2) is 0 Å². The third-order valence-corrected chi connectivity index (χ3v) is 3.78. The van der Waals surface area contributed by atoms with Gasteiger partial charge in [-0.1, -0.05) is 44.0 Å². The number of benzene rings is 2. The smallest absolute Gasteiger partial charge is 0.269 e. The van der Waals surface area contributed by atoms with Gasteiger partial charge >= 0.3 is 0 Å². The van der Waals surface area contributed by atoms with E-state index in [1.807, 2.05) is 18.2 Å². The van der Waals surface area contributed by atoms with Gasteiger partial charge < -0.3 is 4.74 Å². The van der Waals surface area contributed by atoms with Crippen LogP contribution in [0.2, 0.25) is 0 Å². The monoisotopic (exact) mass is 399 g/mol. The number of ether oxygens (including phenoxy) is 1. The zero-order valence-corrected chi connectivity index (χ0v) is 13.6. The minimum Gasteiger partial charge on any atom is -0.489 e. The first-order valence-electron chi connectivity index (χ1n) is 5.80. The normalized spacial score (nSPS) is 10.3. The Balaban J connectivity index is 2.12. The molecule has 0 bridgehead atoms. The molecule has 2 rings (SSSR count). The van der Waals surface area contributed by atoms with E-state index in [-0.39, 0.29) is 5.69 Å². The Kier molecular flexibility index (Phi) is 5.14. The van der Waals surface area contributed by atoms with Crippen molar-refractivity contribution < 1.29 is 9.66 Å². The SMILES string of the molecule is O=[N+]([O-])c1cccc(COc2ccc(Br)cc2CBr)c1. The van der Waals surface area contributed by atoms with Crippen LogP contribution in [0.5, 0.6) is 5.75 Å². The number of nitro groups is 1. The molecule has 0 amide bonds. The van der Waals surface area contributed by atoms with Crippen molar-refractivity contribution >= 4 is 37.5 Å². The summed E-state index contributed by atoms with van der Waals surface area (Å²) in [5, 5.41) is 11.4. The lowest BCUT2D eigenvalue weighted by Crippen LogP contribution is -1.99. The summed E-state index contributed by atoms with van der Waals surface area (Å²) in [4.78, 5) is 10.3. The van der Waals surface area contributed by atoms with Crippen LogP contribution < -0.4 is 4.74 Å². The molecule has 0 aliphatic heterocycles. The maximum absolute atomic E-state index is 10.7. The second-order valence-corrected chi connectivity index (χ2v) is 5.58. The van der Waals surface area contributed by atoms with E-state index in [4.69, 9.17) is 4.74 Å². The summed E-state index contributed by atoms with van der Waals surface area (Å²) in [6.07, 6.45) is 0. The standard InChI is InChI=1S/C14H11Br2NO3/c15-8-11-7-12(16)4-5-14(11)20-9-10-2-1-3-13(6-10)17(18)19/h1-7H,8-9H2. The van der Waals surface area contributed by atoms with Crippen molar-refractivity contribution in [1.82, 2.24) is 0 Å². The number of nitrogens with zero attached hydrogens (tertiary/aromatic N) is 1. The van der Waals surface area contributed by atoms with Crippen LogP contribution >= 0.6 is 31.9 Å². The fourth-order valence-electron chi connectivity index (χ4n) is 1.71. The molecule has 0 saturated carbocycles. The van der Waals surface area contributed by atoms with E-state index in [0.717, 1.165) is 21.3 Å². The van der Waals surface area contributed by atoms with E-state index in [0.29, 0.717) is 11.9 Å². The molecule has 2 aromatic rings. The van der Waals surface area contributed by atoms with E-state index in [2.05, 4.69) is 31.9 Å². The zero-order valence-electron chi connectivity index (χ0n) is 10.4. The van der Waals surface area contributed by atoms with Crippen LogP contribution in [-0.2, 0) is 11.9 Å². The maximum Gasteiger partial charge on any atom is 0.269 e. The molecule has 0 aliphatic rings. The molecule has 2 aromatic carbocycles. The molecule has 0 saturated heterocycles. The number of rotatable bonds is 5. The summed E-state index contributed by atoms with van der Waals surface area (Å²) in [6, 6.07) is 12.2. The van der Waals surface area contributed by atoms with Gasteiger partial charge in [0, 0.05) is 27.5 Å². The van der Waals surface area contributed by atoms with Crippen molar-refractivity contribution in [3.63, 3.8) is 0 Å². The Bertz CT molecular complexity index is 632. The van der Waals surface area contributed by atoms with Crippen LogP contribution in [0.15, 0.2) is 46.9 Å². The van der Waals surface area contributed by atoms with Crippen molar-refractivity contribution in [3.8, 4) is 5.75 Å². The van der Waals surface area contributed by atoms with E-state index in [1.165, 1.54) is 12.1 Å². The number of halogens is 2. The largest absolute Gasteiger partial charge is 0.489 e. The molecule has 6 heteroatoms. The van der Waals surface area contributed by atoms with E-state index in [9.17, 15) is 10.1 Å². The predicted molar refractivity (Wildman–Crippen MR) is 84.2 cm³/mol. The lowest BCUT2D eigenvalue weighted by atomic mass is 10.2. The Hall–Kier alpha value is -1.40. The van der Waals surface area contributed by atoms with Crippen LogP contribution in [0.1, 0.15) is 11.1 Å².